The normalized spacial score (nSPS) is 22.3. The number of aromatic hydroxyl groups is 1. The third kappa shape index (κ3) is 3.65. The van der Waals surface area contributed by atoms with E-state index in [0.29, 0.717) is 11.6 Å². The molecule has 2 aromatic carbocycles. The second kappa shape index (κ2) is 7.39. The number of phenols is 1. The van der Waals surface area contributed by atoms with E-state index in [2.05, 4.69) is 15.3 Å². The highest BCUT2D eigenvalue weighted by Crippen LogP contribution is 2.55. The standard InChI is InChI=1S/C22H19ClF5N3O2/c1-9-29-7-11-15(6-14(24)17(25)18(11)30-9)31-19-10-4-13(23)16(32)5-12(10)20(2,3)8-21(19,33)22(26,27)28/h4-7,19,31-33H,8H2,1-3H3. The lowest BCUT2D eigenvalue weighted by Crippen LogP contribution is -2.58. The number of anilines is 1. The van der Waals surface area contributed by atoms with Crippen LogP contribution >= 0.6 is 11.6 Å². The number of rotatable bonds is 2. The number of halogens is 6. The van der Waals surface area contributed by atoms with Gasteiger partial charge in [-0.05, 0) is 42.0 Å². The summed E-state index contributed by atoms with van der Waals surface area (Å²) in [6, 6.07) is 1.20. The van der Waals surface area contributed by atoms with Gasteiger partial charge in [0.15, 0.2) is 17.2 Å². The smallest absolute Gasteiger partial charge is 0.419 e. The van der Waals surface area contributed by atoms with Crippen LogP contribution in [0.25, 0.3) is 10.9 Å². The highest BCUT2D eigenvalue weighted by Gasteiger charge is 2.64. The molecule has 0 fully saturated rings. The molecule has 33 heavy (non-hydrogen) atoms. The second-order valence-corrected chi connectivity index (χ2v) is 9.26. The summed E-state index contributed by atoms with van der Waals surface area (Å²) in [5.74, 6) is -2.80. The van der Waals surface area contributed by atoms with Crippen LogP contribution in [-0.4, -0.2) is 32.0 Å². The number of hydrogen-bond donors (Lipinski definition) is 3. The minimum absolute atomic E-state index is 0.0419. The average Bonchev–Trinajstić information content (AvgIpc) is 2.69. The van der Waals surface area contributed by atoms with Crippen LogP contribution in [0.2, 0.25) is 5.02 Å². The van der Waals surface area contributed by atoms with Gasteiger partial charge in [-0.1, -0.05) is 25.4 Å². The van der Waals surface area contributed by atoms with E-state index in [0.717, 1.165) is 12.3 Å². The minimum Gasteiger partial charge on any atom is -0.506 e. The van der Waals surface area contributed by atoms with Crippen LogP contribution in [0, 0.1) is 18.6 Å². The lowest BCUT2D eigenvalue weighted by atomic mass is 9.63. The molecule has 0 aliphatic heterocycles. The van der Waals surface area contributed by atoms with Crippen molar-refractivity contribution in [3.8, 4) is 5.75 Å². The Hall–Kier alpha value is -2.72. The molecule has 2 atom stereocenters. The number of hydrogen-bond acceptors (Lipinski definition) is 5. The number of aliphatic hydroxyl groups is 1. The third-order valence-electron chi connectivity index (χ3n) is 6.03. The lowest BCUT2D eigenvalue weighted by Gasteiger charge is -2.49. The molecule has 5 nitrogen and oxygen atoms in total. The van der Waals surface area contributed by atoms with Crippen LogP contribution in [0.3, 0.4) is 0 Å². The maximum atomic E-state index is 14.3. The number of alkyl halides is 3. The molecule has 1 aliphatic rings. The zero-order valence-electron chi connectivity index (χ0n) is 17.7. The Balaban J connectivity index is 1.99. The summed E-state index contributed by atoms with van der Waals surface area (Å²) in [5.41, 5.74) is -4.91. The highest BCUT2D eigenvalue weighted by molar-refractivity contribution is 6.32. The van der Waals surface area contributed by atoms with Gasteiger partial charge >= 0.3 is 6.18 Å². The maximum Gasteiger partial charge on any atom is 0.419 e. The van der Waals surface area contributed by atoms with Gasteiger partial charge in [0, 0.05) is 23.3 Å². The van der Waals surface area contributed by atoms with Crippen molar-refractivity contribution in [2.45, 2.75) is 50.4 Å². The predicted molar refractivity (Wildman–Crippen MR) is 112 cm³/mol. The fourth-order valence-corrected chi connectivity index (χ4v) is 4.65. The van der Waals surface area contributed by atoms with E-state index >= 15 is 0 Å². The number of aryl methyl sites for hydroxylation is 1. The topological polar surface area (TPSA) is 78.3 Å². The first kappa shape index (κ1) is 23.4. The van der Waals surface area contributed by atoms with E-state index in [1.54, 1.807) is 0 Å². The van der Waals surface area contributed by atoms with Gasteiger partial charge in [-0.2, -0.15) is 13.2 Å². The molecule has 2 unspecified atom stereocenters. The molecule has 0 spiro atoms. The second-order valence-electron chi connectivity index (χ2n) is 8.85. The zero-order chi connectivity index (χ0) is 24.5. The van der Waals surface area contributed by atoms with Gasteiger partial charge < -0.3 is 15.5 Å². The van der Waals surface area contributed by atoms with Gasteiger partial charge in [-0.15, -0.1) is 0 Å². The van der Waals surface area contributed by atoms with E-state index in [4.69, 9.17) is 11.6 Å². The van der Waals surface area contributed by atoms with Gasteiger partial charge in [0.1, 0.15) is 17.1 Å². The molecule has 0 amide bonds. The Morgan fingerprint density at radius 2 is 1.85 bits per heavy atom. The van der Waals surface area contributed by atoms with Gasteiger partial charge in [0.05, 0.1) is 11.1 Å². The quantitative estimate of drug-likeness (QED) is 0.404. The Bertz CT molecular complexity index is 1280. The van der Waals surface area contributed by atoms with E-state index in [1.807, 2.05) is 0 Å². The Morgan fingerprint density at radius 3 is 2.48 bits per heavy atom. The number of aromatic nitrogens is 2. The monoisotopic (exact) mass is 487 g/mol. The summed E-state index contributed by atoms with van der Waals surface area (Å²) in [6.07, 6.45) is -4.72. The van der Waals surface area contributed by atoms with Crippen LogP contribution in [0.15, 0.2) is 24.4 Å². The predicted octanol–water partition coefficient (Wildman–Crippen LogP) is 5.70. The molecule has 11 heteroatoms. The zero-order valence-corrected chi connectivity index (χ0v) is 18.4. The number of benzene rings is 2. The Labute approximate surface area is 190 Å². The number of fused-ring (bicyclic) bond motifs is 2. The van der Waals surface area contributed by atoms with Crippen LogP contribution in [-0.2, 0) is 5.41 Å². The molecule has 1 aromatic heterocycles. The highest BCUT2D eigenvalue weighted by atomic mass is 35.5. The number of nitrogens with one attached hydrogen (secondary N) is 1. The van der Waals surface area contributed by atoms with Crippen molar-refractivity contribution in [2.24, 2.45) is 0 Å². The van der Waals surface area contributed by atoms with E-state index in [-0.39, 0.29) is 33.2 Å². The molecule has 0 saturated heterocycles. The van der Waals surface area contributed by atoms with Crippen molar-refractivity contribution in [3.05, 3.63) is 58.0 Å². The first-order valence-corrected chi connectivity index (χ1v) is 10.2. The molecular formula is C22H19ClF5N3O2. The Morgan fingerprint density at radius 1 is 1.18 bits per heavy atom. The van der Waals surface area contributed by atoms with Gasteiger partial charge in [0.25, 0.3) is 0 Å². The molecule has 3 aromatic rings. The van der Waals surface area contributed by atoms with Crippen molar-refractivity contribution in [1.82, 2.24) is 9.97 Å². The van der Waals surface area contributed by atoms with Crippen LogP contribution in [0.1, 0.15) is 43.3 Å². The summed E-state index contributed by atoms with van der Waals surface area (Å²) in [7, 11) is 0. The summed E-state index contributed by atoms with van der Waals surface area (Å²) in [4.78, 5) is 7.79. The number of nitrogens with zero attached hydrogens (tertiary/aromatic N) is 2. The molecule has 3 N–H and O–H groups in total. The third-order valence-corrected chi connectivity index (χ3v) is 6.33. The maximum absolute atomic E-state index is 14.3. The molecule has 1 aliphatic carbocycles. The van der Waals surface area contributed by atoms with E-state index in [9.17, 15) is 32.2 Å². The van der Waals surface area contributed by atoms with Gasteiger partial charge in [0.2, 0.25) is 0 Å². The molecular weight excluding hydrogens is 469 g/mol. The van der Waals surface area contributed by atoms with E-state index in [1.165, 1.54) is 26.8 Å². The fourth-order valence-electron chi connectivity index (χ4n) is 4.48. The first-order valence-electron chi connectivity index (χ1n) is 9.85. The molecule has 1 heterocycles. The van der Waals surface area contributed by atoms with Crippen molar-refractivity contribution in [1.29, 1.82) is 0 Å². The van der Waals surface area contributed by atoms with Crippen molar-refractivity contribution in [2.75, 3.05) is 5.32 Å². The van der Waals surface area contributed by atoms with Crippen molar-refractivity contribution in [3.63, 3.8) is 0 Å². The minimum atomic E-state index is -5.11. The molecule has 4 rings (SSSR count). The molecule has 0 saturated carbocycles. The molecule has 0 radical (unpaired) electrons. The number of phenolic OH excluding ortho intramolecular Hbond substituents is 1. The Kier molecular flexibility index (Phi) is 5.25. The summed E-state index contributed by atoms with van der Waals surface area (Å²) < 4.78 is 71.5. The van der Waals surface area contributed by atoms with Crippen molar-refractivity contribution < 1.29 is 32.2 Å². The van der Waals surface area contributed by atoms with Gasteiger partial charge in [-0.25, -0.2) is 18.7 Å². The molecule has 0 bridgehead atoms. The largest absolute Gasteiger partial charge is 0.506 e. The van der Waals surface area contributed by atoms with Crippen LogP contribution in [0.4, 0.5) is 27.6 Å². The van der Waals surface area contributed by atoms with E-state index < -0.39 is 46.8 Å². The fraction of sp³-hybridized carbons (Fsp3) is 0.364. The average molecular weight is 488 g/mol. The lowest BCUT2D eigenvalue weighted by molar-refractivity contribution is -0.275. The molecule has 176 valence electrons. The summed E-state index contributed by atoms with van der Waals surface area (Å²) >= 11 is 6.00. The van der Waals surface area contributed by atoms with Crippen molar-refractivity contribution >= 4 is 28.2 Å². The SMILES string of the molecule is Cc1ncc2c(NC3c4cc(Cl)c(O)cc4C(C)(C)CC3(O)C(F)(F)F)cc(F)c(F)c2n1. The summed E-state index contributed by atoms with van der Waals surface area (Å²) in [6.45, 7) is 4.44. The summed E-state index contributed by atoms with van der Waals surface area (Å²) in [5, 5.41) is 23.3. The first-order chi connectivity index (χ1) is 15.2. The van der Waals surface area contributed by atoms with Gasteiger partial charge in [-0.3, -0.25) is 0 Å². The van der Waals surface area contributed by atoms with Crippen LogP contribution in [0.5, 0.6) is 5.75 Å². The van der Waals surface area contributed by atoms with Crippen LogP contribution < -0.4 is 5.32 Å².